The van der Waals surface area contributed by atoms with Crippen molar-refractivity contribution in [3.63, 3.8) is 0 Å². The van der Waals surface area contributed by atoms with E-state index in [0.29, 0.717) is 55.1 Å². The third-order valence-corrected chi connectivity index (χ3v) is 8.55. The van der Waals surface area contributed by atoms with Gasteiger partial charge in [0.25, 0.3) is 0 Å². The molecule has 39 heavy (non-hydrogen) atoms. The van der Waals surface area contributed by atoms with Gasteiger partial charge in [0, 0.05) is 41.9 Å². The topological polar surface area (TPSA) is 101 Å². The summed E-state index contributed by atoms with van der Waals surface area (Å²) in [4.78, 5) is 32.4. The van der Waals surface area contributed by atoms with Crippen LogP contribution < -0.4 is 14.8 Å². The molecule has 0 saturated carbocycles. The van der Waals surface area contributed by atoms with E-state index >= 15 is 0 Å². The lowest BCUT2D eigenvalue weighted by atomic mass is 10.0. The number of amides is 2. The van der Waals surface area contributed by atoms with E-state index in [1.165, 1.54) is 18.5 Å². The van der Waals surface area contributed by atoms with Gasteiger partial charge in [0.05, 0.1) is 37.5 Å². The first-order valence-corrected chi connectivity index (χ1v) is 13.9. The first-order chi connectivity index (χ1) is 18.6. The maximum absolute atomic E-state index is 14.2. The highest BCUT2D eigenvalue weighted by Crippen LogP contribution is 2.28. The molecule has 0 radical (unpaired) electrons. The number of benzene rings is 1. The number of methoxy groups -OCH3 is 2. The Morgan fingerprint density at radius 2 is 1.87 bits per heavy atom. The van der Waals surface area contributed by atoms with Crippen molar-refractivity contribution in [2.24, 2.45) is 0 Å². The number of rotatable bonds is 9. The second-order valence-corrected chi connectivity index (χ2v) is 11.0. The standard InChI is InChI=1S/C26H31F3N4O5S/c1-15-10-21(26(35)32(15)13-16-7-8-23(37-2)31-25(16)38-3)30-24(34)22-6-4-5-9-33(22)39(36)14-18-19(28)11-17(27)12-20(18)29/h7-8,11-12,15,21-22H,4-6,9-10,13-14H2,1-3H3,(H,30,34). The van der Waals surface area contributed by atoms with Crippen LogP contribution in [-0.4, -0.2) is 69.1 Å². The molecule has 1 aromatic carbocycles. The average molecular weight is 569 g/mol. The summed E-state index contributed by atoms with van der Waals surface area (Å²) in [5, 5.41) is 2.80. The number of nitrogens with zero attached hydrogens (tertiary/aromatic N) is 3. The predicted octanol–water partition coefficient (Wildman–Crippen LogP) is 2.84. The average Bonchev–Trinajstić information content (AvgIpc) is 3.17. The Bertz CT molecular complexity index is 1240. The summed E-state index contributed by atoms with van der Waals surface area (Å²) in [7, 11) is 1.01. The lowest BCUT2D eigenvalue weighted by Crippen LogP contribution is -2.53. The fourth-order valence-corrected chi connectivity index (χ4v) is 6.49. The molecule has 0 bridgehead atoms. The highest BCUT2D eigenvalue weighted by molar-refractivity contribution is 7.81. The number of nitrogens with one attached hydrogen (secondary N) is 1. The van der Waals surface area contributed by atoms with Crippen LogP contribution in [0.3, 0.4) is 0 Å². The number of carbonyl (C=O) groups is 2. The maximum Gasteiger partial charge on any atom is 0.245 e. The lowest BCUT2D eigenvalue weighted by Gasteiger charge is -2.33. The largest absolute Gasteiger partial charge is 0.481 e. The van der Waals surface area contributed by atoms with Crippen LogP contribution in [-0.2, 0) is 32.9 Å². The van der Waals surface area contributed by atoms with Gasteiger partial charge in [-0.05, 0) is 32.3 Å². The molecule has 4 atom stereocenters. The predicted molar refractivity (Wildman–Crippen MR) is 136 cm³/mol. The number of likely N-dealkylation sites (tertiary alicyclic amines) is 1. The molecule has 2 fully saturated rings. The molecular formula is C26H31F3N4O5S. The zero-order valence-electron chi connectivity index (χ0n) is 21.9. The first-order valence-electron chi connectivity index (χ1n) is 12.6. The molecular weight excluding hydrogens is 537 g/mol. The summed E-state index contributed by atoms with van der Waals surface area (Å²) in [6.07, 6.45) is 2.09. The molecule has 4 unspecified atom stereocenters. The fourth-order valence-electron chi connectivity index (χ4n) is 4.98. The first kappa shape index (κ1) is 28.8. The molecule has 13 heteroatoms. The number of hydrogen-bond acceptors (Lipinski definition) is 6. The van der Waals surface area contributed by atoms with Crippen molar-refractivity contribution in [3.8, 4) is 11.8 Å². The molecule has 9 nitrogen and oxygen atoms in total. The van der Waals surface area contributed by atoms with Gasteiger partial charge in [-0.25, -0.2) is 21.7 Å². The number of hydrogen-bond donors (Lipinski definition) is 1. The van der Waals surface area contributed by atoms with Gasteiger partial charge in [-0.2, -0.15) is 4.98 Å². The van der Waals surface area contributed by atoms with Crippen LogP contribution in [0.15, 0.2) is 24.3 Å². The maximum atomic E-state index is 14.2. The normalized spacial score (nSPS) is 22.6. The van der Waals surface area contributed by atoms with Crippen molar-refractivity contribution in [1.29, 1.82) is 0 Å². The SMILES string of the molecule is COc1ccc(CN2C(=O)C(NC(=O)C3CCCCN3S(=O)Cc3c(F)cc(F)cc3F)CC2C)c(OC)n1. The zero-order chi connectivity index (χ0) is 28.3. The van der Waals surface area contributed by atoms with Crippen LogP contribution in [0.25, 0.3) is 0 Å². The van der Waals surface area contributed by atoms with Crippen LogP contribution in [0.4, 0.5) is 13.2 Å². The van der Waals surface area contributed by atoms with Gasteiger partial charge >= 0.3 is 0 Å². The van der Waals surface area contributed by atoms with Crippen molar-refractivity contribution in [2.45, 2.75) is 63.0 Å². The highest BCUT2D eigenvalue weighted by Gasteiger charge is 2.41. The van der Waals surface area contributed by atoms with Gasteiger partial charge in [0.1, 0.15) is 29.5 Å². The van der Waals surface area contributed by atoms with Crippen molar-refractivity contribution >= 4 is 22.8 Å². The Labute approximate surface area is 227 Å². The van der Waals surface area contributed by atoms with E-state index < -0.39 is 57.7 Å². The smallest absolute Gasteiger partial charge is 0.245 e. The van der Waals surface area contributed by atoms with Crippen LogP contribution in [0.1, 0.15) is 43.7 Å². The summed E-state index contributed by atoms with van der Waals surface area (Å²) >= 11 is 0. The Morgan fingerprint density at radius 1 is 1.15 bits per heavy atom. The van der Waals surface area contributed by atoms with E-state index in [1.807, 2.05) is 6.92 Å². The summed E-state index contributed by atoms with van der Waals surface area (Å²) < 4.78 is 66.5. The summed E-state index contributed by atoms with van der Waals surface area (Å²) in [6.45, 7) is 2.38. The molecule has 1 N–H and O–H groups in total. The highest BCUT2D eigenvalue weighted by atomic mass is 32.2. The van der Waals surface area contributed by atoms with E-state index in [9.17, 15) is 27.0 Å². The molecule has 2 aliphatic rings. The number of halogens is 3. The fraction of sp³-hybridized carbons (Fsp3) is 0.500. The summed E-state index contributed by atoms with van der Waals surface area (Å²) in [6, 6.07) is 2.69. The van der Waals surface area contributed by atoms with Gasteiger partial charge in [0.2, 0.25) is 23.6 Å². The number of ether oxygens (including phenoxy) is 2. The van der Waals surface area contributed by atoms with Crippen LogP contribution >= 0.6 is 0 Å². The summed E-state index contributed by atoms with van der Waals surface area (Å²) in [5.41, 5.74) is 0.179. The second-order valence-electron chi connectivity index (χ2n) is 9.60. The molecule has 4 rings (SSSR count). The zero-order valence-corrected chi connectivity index (χ0v) is 22.7. The molecule has 2 aliphatic heterocycles. The minimum absolute atomic E-state index is 0.185. The van der Waals surface area contributed by atoms with Crippen LogP contribution in [0, 0.1) is 17.5 Å². The number of pyridine rings is 1. The number of aromatic nitrogens is 1. The Hall–Kier alpha value is -3.19. The van der Waals surface area contributed by atoms with E-state index in [2.05, 4.69) is 10.3 Å². The molecule has 2 amide bonds. The van der Waals surface area contributed by atoms with Crippen molar-refractivity contribution in [3.05, 3.63) is 52.8 Å². The minimum atomic E-state index is -1.95. The second kappa shape index (κ2) is 12.3. The number of carbonyl (C=O) groups excluding carboxylic acids is 2. The van der Waals surface area contributed by atoms with Crippen LogP contribution in [0.2, 0.25) is 0 Å². The molecule has 2 saturated heterocycles. The Morgan fingerprint density at radius 3 is 2.54 bits per heavy atom. The summed E-state index contributed by atoms with van der Waals surface area (Å²) in [5.74, 6) is -3.90. The van der Waals surface area contributed by atoms with Crippen LogP contribution in [0.5, 0.6) is 11.8 Å². The molecule has 2 aromatic rings. The molecule has 0 spiro atoms. The van der Waals surface area contributed by atoms with Gasteiger partial charge in [-0.15, -0.1) is 0 Å². The van der Waals surface area contributed by atoms with Gasteiger partial charge < -0.3 is 19.7 Å². The Kier molecular flexibility index (Phi) is 9.11. The third-order valence-electron chi connectivity index (χ3n) is 7.05. The minimum Gasteiger partial charge on any atom is -0.481 e. The number of piperidine rings is 1. The van der Waals surface area contributed by atoms with Crippen molar-refractivity contribution < 1.29 is 36.4 Å². The van der Waals surface area contributed by atoms with E-state index in [-0.39, 0.29) is 25.0 Å². The van der Waals surface area contributed by atoms with Gasteiger partial charge in [-0.3, -0.25) is 9.59 Å². The molecule has 0 aliphatic carbocycles. The van der Waals surface area contributed by atoms with E-state index in [1.54, 1.807) is 17.0 Å². The Balaban J connectivity index is 1.43. The van der Waals surface area contributed by atoms with Gasteiger partial charge in [0.15, 0.2) is 0 Å². The van der Waals surface area contributed by atoms with Gasteiger partial charge in [-0.1, -0.05) is 6.42 Å². The van der Waals surface area contributed by atoms with E-state index in [4.69, 9.17) is 9.47 Å². The third kappa shape index (κ3) is 6.35. The van der Waals surface area contributed by atoms with E-state index in [0.717, 1.165) is 0 Å². The molecule has 212 valence electrons. The molecule has 3 heterocycles. The quantitative estimate of drug-likeness (QED) is 0.500. The van der Waals surface area contributed by atoms with Crippen molar-refractivity contribution in [2.75, 3.05) is 20.8 Å². The monoisotopic (exact) mass is 568 g/mol. The lowest BCUT2D eigenvalue weighted by molar-refractivity contribution is -0.135. The molecule has 1 aromatic heterocycles. The van der Waals surface area contributed by atoms with Crippen molar-refractivity contribution in [1.82, 2.24) is 19.5 Å².